The van der Waals surface area contributed by atoms with Crippen LogP contribution in [0.15, 0.2) is 60.7 Å². The van der Waals surface area contributed by atoms with Crippen LogP contribution in [0.4, 0.5) is 0 Å². The molecule has 0 spiro atoms. The summed E-state index contributed by atoms with van der Waals surface area (Å²) in [5.74, 6) is 0.121. The SMILES string of the molecule is N#CC1CC2(COCc3ccccc3)CC1(C(=O)CCc1ccccc1)C2. The Kier molecular flexibility index (Phi) is 4.85. The van der Waals surface area contributed by atoms with Gasteiger partial charge in [-0.15, -0.1) is 0 Å². The quantitative estimate of drug-likeness (QED) is 0.685. The Morgan fingerprint density at radius 2 is 1.67 bits per heavy atom. The van der Waals surface area contributed by atoms with E-state index in [0.717, 1.165) is 31.2 Å². The Balaban J connectivity index is 1.34. The largest absolute Gasteiger partial charge is 0.376 e. The standard InChI is InChI=1S/C24H25NO2/c25-14-21-13-23(18-27-15-20-9-5-2-6-10-20)16-24(21,17-23)22(26)12-11-19-7-3-1-4-8-19/h1-10,21H,11-13,15-18H2. The van der Waals surface area contributed by atoms with Gasteiger partial charge in [0.05, 0.1) is 25.2 Å². The first-order chi connectivity index (χ1) is 13.2. The number of ether oxygens (including phenoxy) is 1. The van der Waals surface area contributed by atoms with Gasteiger partial charge in [0.15, 0.2) is 0 Å². The minimum atomic E-state index is -0.417. The number of carbonyl (C=O) groups is 1. The lowest BCUT2D eigenvalue weighted by molar-refractivity contribution is -0.140. The molecule has 0 saturated heterocycles. The Labute approximate surface area is 161 Å². The lowest BCUT2D eigenvalue weighted by atomic mass is 9.57. The molecule has 2 aromatic rings. The fraction of sp³-hybridized carbons (Fsp3) is 0.417. The van der Waals surface area contributed by atoms with Crippen molar-refractivity contribution in [3.63, 3.8) is 0 Å². The third kappa shape index (κ3) is 3.42. The van der Waals surface area contributed by atoms with Gasteiger partial charge in [0.1, 0.15) is 5.78 Å². The summed E-state index contributed by atoms with van der Waals surface area (Å²) in [4.78, 5) is 13.0. The van der Waals surface area contributed by atoms with Crippen LogP contribution in [-0.2, 0) is 22.6 Å². The Morgan fingerprint density at radius 3 is 2.30 bits per heavy atom. The second-order valence-corrected chi connectivity index (χ2v) is 8.28. The number of nitrogens with zero attached hydrogens (tertiary/aromatic N) is 1. The van der Waals surface area contributed by atoms with Crippen molar-refractivity contribution in [1.82, 2.24) is 0 Å². The number of fused-ring (bicyclic) bond motifs is 1. The van der Waals surface area contributed by atoms with Crippen molar-refractivity contribution in [3.05, 3.63) is 71.8 Å². The van der Waals surface area contributed by atoms with Gasteiger partial charge in [-0.1, -0.05) is 60.7 Å². The molecule has 3 saturated carbocycles. The lowest BCUT2D eigenvalue weighted by Crippen LogP contribution is -2.47. The van der Waals surface area contributed by atoms with Crippen LogP contribution in [-0.4, -0.2) is 12.4 Å². The van der Waals surface area contributed by atoms with Gasteiger partial charge in [0.2, 0.25) is 0 Å². The van der Waals surface area contributed by atoms with Crippen LogP contribution >= 0.6 is 0 Å². The van der Waals surface area contributed by atoms with Crippen LogP contribution in [0.25, 0.3) is 0 Å². The number of rotatable bonds is 8. The molecule has 5 rings (SSSR count). The highest BCUT2D eigenvalue weighted by molar-refractivity contribution is 5.88. The van der Waals surface area contributed by atoms with E-state index in [2.05, 4.69) is 30.3 Å². The van der Waals surface area contributed by atoms with Crippen molar-refractivity contribution in [2.24, 2.45) is 16.7 Å². The van der Waals surface area contributed by atoms with Gasteiger partial charge >= 0.3 is 0 Å². The summed E-state index contributed by atoms with van der Waals surface area (Å²) < 4.78 is 5.97. The van der Waals surface area contributed by atoms with Gasteiger partial charge in [-0.25, -0.2) is 0 Å². The molecule has 1 unspecified atom stereocenters. The molecule has 138 valence electrons. The van der Waals surface area contributed by atoms with Gasteiger partial charge in [0.25, 0.3) is 0 Å². The molecule has 3 fully saturated rings. The second kappa shape index (κ2) is 7.29. The predicted octanol–water partition coefficient (Wildman–Crippen LogP) is 4.72. The first kappa shape index (κ1) is 17.9. The van der Waals surface area contributed by atoms with Crippen LogP contribution in [0.2, 0.25) is 0 Å². The van der Waals surface area contributed by atoms with E-state index in [9.17, 15) is 10.1 Å². The summed E-state index contributed by atoms with van der Waals surface area (Å²) in [7, 11) is 0. The number of carbonyl (C=O) groups excluding carboxylic acids is 1. The minimum Gasteiger partial charge on any atom is -0.376 e. The summed E-state index contributed by atoms with van der Waals surface area (Å²) >= 11 is 0. The van der Waals surface area contributed by atoms with Crippen LogP contribution in [0.5, 0.6) is 0 Å². The molecule has 27 heavy (non-hydrogen) atoms. The molecule has 0 amide bonds. The van der Waals surface area contributed by atoms with Crippen molar-refractivity contribution in [2.45, 2.75) is 38.7 Å². The van der Waals surface area contributed by atoms with Gasteiger partial charge < -0.3 is 4.74 Å². The van der Waals surface area contributed by atoms with Crippen molar-refractivity contribution in [1.29, 1.82) is 5.26 Å². The van der Waals surface area contributed by atoms with E-state index in [4.69, 9.17) is 4.74 Å². The number of hydrogen-bond acceptors (Lipinski definition) is 3. The van der Waals surface area contributed by atoms with E-state index in [0.29, 0.717) is 19.6 Å². The zero-order valence-electron chi connectivity index (χ0n) is 15.6. The highest BCUT2D eigenvalue weighted by atomic mass is 16.5. The van der Waals surface area contributed by atoms with Crippen LogP contribution < -0.4 is 0 Å². The Morgan fingerprint density at radius 1 is 1.04 bits per heavy atom. The predicted molar refractivity (Wildman–Crippen MR) is 104 cm³/mol. The maximum atomic E-state index is 13.0. The normalized spacial score (nSPS) is 28.3. The van der Waals surface area contributed by atoms with Crippen molar-refractivity contribution in [3.8, 4) is 6.07 Å². The Hall–Kier alpha value is -2.44. The molecule has 3 aliphatic rings. The highest BCUT2D eigenvalue weighted by Gasteiger charge is 2.69. The van der Waals surface area contributed by atoms with E-state index in [-0.39, 0.29) is 17.1 Å². The summed E-state index contributed by atoms with van der Waals surface area (Å²) in [6.45, 7) is 1.24. The van der Waals surface area contributed by atoms with E-state index < -0.39 is 5.41 Å². The third-order valence-electron chi connectivity index (χ3n) is 6.40. The number of aryl methyl sites for hydroxylation is 1. The first-order valence-electron chi connectivity index (χ1n) is 9.74. The number of nitriles is 1. The van der Waals surface area contributed by atoms with Gasteiger partial charge in [0, 0.05) is 11.8 Å². The third-order valence-corrected chi connectivity index (χ3v) is 6.40. The average molecular weight is 359 g/mol. The maximum absolute atomic E-state index is 13.0. The molecule has 0 heterocycles. The van der Waals surface area contributed by atoms with E-state index in [1.165, 1.54) is 5.56 Å². The van der Waals surface area contributed by atoms with Crippen molar-refractivity contribution < 1.29 is 9.53 Å². The zero-order valence-corrected chi connectivity index (χ0v) is 15.6. The Bertz CT molecular complexity index is 832. The molecular formula is C24H25NO2. The van der Waals surface area contributed by atoms with Gasteiger partial charge in [-0.3, -0.25) is 4.79 Å². The zero-order chi connectivity index (χ0) is 18.7. The van der Waals surface area contributed by atoms with Crippen molar-refractivity contribution in [2.75, 3.05) is 6.61 Å². The average Bonchev–Trinajstić information content (AvgIpc) is 3.18. The molecule has 0 aromatic heterocycles. The molecule has 0 aliphatic heterocycles. The maximum Gasteiger partial charge on any atom is 0.140 e. The summed E-state index contributed by atoms with van der Waals surface area (Å²) in [5.41, 5.74) is 1.95. The van der Waals surface area contributed by atoms with Crippen LogP contribution in [0.3, 0.4) is 0 Å². The fourth-order valence-corrected chi connectivity index (χ4v) is 5.14. The molecule has 0 radical (unpaired) electrons. The summed E-state index contributed by atoms with van der Waals surface area (Å²) in [5, 5.41) is 9.64. The summed E-state index contributed by atoms with van der Waals surface area (Å²) in [6.07, 6.45) is 3.73. The molecule has 3 nitrogen and oxygen atoms in total. The number of hydrogen-bond donors (Lipinski definition) is 0. The molecule has 2 aromatic carbocycles. The lowest BCUT2D eigenvalue weighted by Gasteiger charge is -2.46. The van der Waals surface area contributed by atoms with Crippen LogP contribution in [0, 0.1) is 28.1 Å². The molecule has 3 aliphatic carbocycles. The monoisotopic (exact) mass is 359 g/mol. The van der Waals surface area contributed by atoms with Crippen molar-refractivity contribution >= 4 is 5.78 Å². The van der Waals surface area contributed by atoms with E-state index in [1.807, 2.05) is 36.4 Å². The molecule has 0 N–H and O–H groups in total. The van der Waals surface area contributed by atoms with Gasteiger partial charge in [-0.05, 0) is 42.2 Å². The number of benzene rings is 2. The molecule has 3 heteroatoms. The fourth-order valence-electron chi connectivity index (χ4n) is 5.14. The number of ketones is 1. The molecular weight excluding hydrogens is 334 g/mol. The smallest absolute Gasteiger partial charge is 0.140 e. The topological polar surface area (TPSA) is 50.1 Å². The summed E-state index contributed by atoms with van der Waals surface area (Å²) in [6, 6.07) is 22.7. The molecule has 2 bridgehead atoms. The van der Waals surface area contributed by atoms with Gasteiger partial charge in [-0.2, -0.15) is 5.26 Å². The minimum absolute atomic E-state index is 0.0254. The highest BCUT2D eigenvalue weighted by Crippen LogP contribution is 2.70. The number of Topliss-reactive ketones (excluding diaryl/α,β-unsaturated/α-hetero) is 1. The van der Waals surface area contributed by atoms with Crippen LogP contribution in [0.1, 0.15) is 36.8 Å². The van der Waals surface area contributed by atoms with E-state index in [1.54, 1.807) is 0 Å². The molecule has 1 atom stereocenters. The first-order valence-corrected chi connectivity index (χ1v) is 9.74. The second-order valence-electron chi connectivity index (χ2n) is 8.28. The van der Waals surface area contributed by atoms with E-state index >= 15 is 0 Å².